The van der Waals surface area contributed by atoms with E-state index in [1.807, 2.05) is 7.05 Å². The number of rotatable bonds is 1. The van der Waals surface area contributed by atoms with Gasteiger partial charge in [0.2, 0.25) is 0 Å². The first-order valence-corrected chi connectivity index (χ1v) is 3.66. The Labute approximate surface area is 57.1 Å². The van der Waals surface area contributed by atoms with Crippen LogP contribution in [-0.4, -0.2) is 13.1 Å². The van der Waals surface area contributed by atoms with Gasteiger partial charge in [-0.1, -0.05) is 11.6 Å². The van der Waals surface area contributed by atoms with Gasteiger partial charge in [-0.2, -0.15) is 0 Å². The van der Waals surface area contributed by atoms with Gasteiger partial charge in [0.1, 0.15) is 0 Å². The van der Waals surface area contributed by atoms with E-state index >= 15 is 0 Å². The number of allylic oxidation sites excluding steroid dienone is 1. The molecule has 1 nitrogen and oxygen atoms in total. The Morgan fingerprint density at radius 3 is 2.89 bits per heavy atom. The third-order valence-corrected chi connectivity index (χ3v) is 2.05. The van der Waals surface area contributed by atoms with Crippen molar-refractivity contribution in [3.63, 3.8) is 0 Å². The van der Waals surface area contributed by atoms with Gasteiger partial charge in [0.25, 0.3) is 0 Å². The predicted octanol–water partition coefficient (Wildman–Crippen LogP) is 1.70. The minimum absolute atomic E-state index is 0.744. The van der Waals surface area contributed by atoms with E-state index in [9.17, 15) is 0 Å². The molecule has 52 valence electrons. The van der Waals surface area contributed by atoms with Crippen LogP contribution in [0.25, 0.3) is 0 Å². The lowest BCUT2D eigenvalue weighted by atomic mass is 9.97. The molecule has 0 saturated heterocycles. The summed E-state index contributed by atoms with van der Waals surface area (Å²) in [4.78, 5) is 0. The molecule has 9 heavy (non-hydrogen) atoms. The standard InChI is InChI=1S/C8H15N/c1-7-3-5-8(9-2)6-4-7/h3,8-9H,4-6H2,1-2H3. The summed E-state index contributed by atoms with van der Waals surface area (Å²) in [6.07, 6.45) is 6.16. The predicted molar refractivity (Wildman–Crippen MR) is 40.5 cm³/mol. The Balaban J connectivity index is 2.36. The summed E-state index contributed by atoms with van der Waals surface area (Å²) >= 11 is 0. The largest absolute Gasteiger partial charge is 0.317 e. The molecule has 0 radical (unpaired) electrons. The van der Waals surface area contributed by atoms with Crippen molar-refractivity contribution in [2.45, 2.75) is 32.2 Å². The Morgan fingerprint density at radius 2 is 2.44 bits per heavy atom. The quantitative estimate of drug-likeness (QED) is 0.526. The zero-order chi connectivity index (χ0) is 6.69. The zero-order valence-electron chi connectivity index (χ0n) is 6.28. The van der Waals surface area contributed by atoms with Crippen LogP contribution < -0.4 is 5.32 Å². The van der Waals surface area contributed by atoms with Crippen LogP contribution in [0.1, 0.15) is 26.2 Å². The van der Waals surface area contributed by atoms with Crippen molar-refractivity contribution in [1.82, 2.24) is 5.32 Å². The van der Waals surface area contributed by atoms with Gasteiger partial charge >= 0.3 is 0 Å². The molecule has 0 bridgehead atoms. The zero-order valence-corrected chi connectivity index (χ0v) is 6.28. The molecule has 0 amide bonds. The van der Waals surface area contributed by atoms with Gasteiger partial charge in [-0.3, -0.25) is 0 Å². The van der Waals surface area contributed by atoms with Crippen molar-refractivity contribution in [3.05, 3.63) is 11.6 Å². The van der Waals surface area contributed by atoms with Crippen LogP contribution in [0.3, 0.4) is 0 Å². The van der Waals surface area contributed by atoms with Crippen LogP contribution in [0.2, 0.25) is 0 Å². The van der Waals surface area contributed by atoms with E-state index in [1.54, 1.807) is 5.57 Å². The molecular formula is C8H15N. The van der Waals surface area contributed by atoms with Crippen molar-refractivity contribution in [2.24, 2.45) is 0 Å². The molecule has 1 rings (SSSR count). The van der Waals surface area contributed by atoms with Crippen LogP contribution in [0.4, 0.5) is 0 Å². The second kappa shape index (κ2) is 3.02. The maximum absolute atomic E-state index is 3.28. The third kappa shape index (κ3) is 1.83. The van der Waals surface area contributed by atoms with Crippen LogP contribution in [-0.2, 0) is 0 Å². The second-order valence-electron chi connectivity index (χ2n) is 2.81. The molecule has 0 aromatic heterocycles. The summed E-state index contributed by atoms with van der Waals surface area (Å²) in [6, 6.07) is 0.744. The average Bonchev–Trinajstić information content (AvgIpc) is 1.90. The van der Waals surface area contributed by atoms with Crippen molar-refractivity contribution >= 4 is 0 Å². The monoisotopic (exact) mass is 125 g/mol. The molecule has 0 aromatic carbocycles. The van der Waals surface area contributed by atoms with E-state index in [-0.39, 0.29) is 0 Å². The lowest BCUT2D eigenvalue weighted by molar-refractivity contribution is 0.507. The van der Waals surface area contributed by atoms with Crippen molar-refractivity contribution < 1.29 is 0 Å². The molecule has 1 aliphatic carbocycles. The lowest BCUT2D eigenvalue weighted by Crippen LogP contribution is -2.26. The van der Waals surface area contributed by atoms with Crippen molar-refractivity contribution in [3.8, 4) is 0 Å². The molecule has 1 unspecified atom stereocenters. The molecule has 1 heteroatoms. The first-order chi connectivity index (χ1) is 4.33. The van der Waals surface area contributed by atoms with E-state index in [2.05, 4.69) is 18.3 Å². The summed E-state index contributed by atoms with van der Waals surface area (Å²) in [5.74, 6) is 0. The molecule has 0 aromatic rings. The first kappa shape index (κ1) is 6.81. The van der Waals surface area contributed by atoms with Gasteiger partial charge in [-0.05, 0) is 33.2 Å². The third-order valence-electron chi connectivity index (χ3n) is 2.05. The van der Waals surface area contributed by atoms with Crippen LogP contribution >= 0.6 is 0 Å². The SMILES string of the molecule is CNC1CC=C(C)CC1. The summed E-state index contributed by atoms with van der Waals surface area (Å²) in [5, 5.41) is 3.28. The summed E-state index contributed by atoms with van der Waals surface area (Å²) in [6.45, 7) is 2.21. The summed E-state index contributed by atoms with van der Waals surface area (Å²) in [7, 11) is 2.04. The van der Waals surface area contributed by atoms with Crippen LogP contribution in [0.5, 0.6) is 0 Å². The maximum atomic E-state index is 3.28. The van der Waals surface area contributed by atoms with Crippen molar-refractivity contribution in [1.29, 1.82) is 0 Å². The maximum Gasteiger partial charge on any atom is 0.0102 e. The van der Waals surface area contributed by atoms with Crippen molar-refractivity contribution in [2.75, 3.05) is 7.05 Å². The minimum atomic E-state index is 0.744. The Bertz CT molecular complexity index is 116. The second-order valence-corrected chi connectivity index (χ2v) is 2.81. The Morgan fingerprint density at radius 1 is 1.67 bits per heavy atom. The number of nitrogens with one attached hydrogen (secondary N) is 1. The minimum Gasteiger partial charge on any atom is -0.317 e. The fraction of sp³-hybridized carbons (Fsp3) is 0.750. The highest BCUT2D eigenvalue weighted by Gasteiger charge is 2.08. The molecule has 0 heterocycles. The van der Waals surface area contributed by atoms with Gasteiger partial charge in [0.15, 0.2) is 0 Å². The molecule has 0 aliphatic heterocycles. The fourth-order valence-electron chi connectivity index (χ4n) is 1.23. The molecule has 0 fully saturated rings. The highest BCUT2D eigenvalue weighted by Crippen LogP contribution is 2.16. The molecular weight excluding hydrogens is 110 g/mol. The van der Waals surface area contributed by atoms with Gasteiger partial charge in [0, 0.05) is 6.04 Å². The van der Waals surface area contributed by atoms with E-state index in [1.165, 1.54) is 19.3 Å². The smallest absolute Gasteiger partial charge is 0.0102 e. The number of hydrogen-bond acceptors (Lipinski definition) is 1. The molecule has 0 saturated carbocycles. The molecule has 1 atom stereocenters. The van der Waals surface area contributed by atoms with Crippen LogP contribution in [0.15, 0.2) is 11.6 Å². The van der Waals surface area contributed by atoms with E-state index in [0.717, 1.165) is 6.04 Å². The highest BCUT2D eigenvalue weighted by molar-refractivity contribution is 5.04. The van der Waals surface area contributed by atoms with Crippen LogP contribution in [0, 0.1) is 0 Å². The highest BCUT2D eigenvalue weighted by atomic mass is 14.9. The normalized spacial score (nSPS) is 27.8. The van der Waals surface area contributed by atoms with E-state index in [4.69, 9.17) is 0 Å². The van der Waals surface area contributed by atoms with E-state index in [0.29, 0.717) is 0 Å². The number of hydrogen-bond donors (Lipinski definition) is 1. The molecule has 1 N–H and O–H groups in total. The fourth-order valence-corrected chi connectivity index (χ4v) is 1.23. The first-order valence-electron chi connectivity index (χ1n) is 3.66. The van der Waals surface area contributed by atoms with Gasteiger partial charge in [-0.15, -0.1) is 0 Å². The van der Waals surface area contributed by atoms with Gasteiger partial charge in [0.05, 0.1) is 0 Å². The summed E-state index contributed by atoms with van der Waals surface area (Å²) < 4.78 is 0. The summed E-state index contributed by atoms with van der Waals surface area (Å²) in [5.41, 5.74) is 1.56. The Kier molecular flexibility index (Phi) is 2.29. The van der Waals surface area contributed by atoms with Gasteiger partial charge < -0.3 is 5.32 Å². The van der Waals surface area contributed by atoms with E-state index < -0.39 is 0 Å². The Hall–Kier alpha value is -0.300. The topological polar surface area (TPSA) is 12.0 Å². The lowest BCUT2D eigenvalue weighted by Gasteiger charge is -2.18. The molecule has 1 aliphatic rings. The average molecular weight is 125 g/mol. The molecule has 0 spiro atoms. The van der Waals surface area contributed by atoms with Gasteiger partial charge in [-0.25, -0.2) is 0 Å².